The summed E-state index contributed by atoms with van der Waals surface area (Å²) >= 11 is 3.62. The Morgan fingerprint density at radius 2 is 2.12 bits per heavy atom. The monoisotopic (exact) mass is 358 g/mol. The van der Waals surface area contributed by atoms with E-state index in [1.54, 1.807) is 11.3 Å². The summed E-state index contributed by atoms with van der Waals surface area (Å²) in [5.74, 6) is 1.17. The van der Waals surface area contributed by atoms with Gasteiger partial charge in [-0.25, -0.2) is 0 Å². The summed E-state index contributed by atoms with van der Waals surface area (Å²) in [5.41, 5.74) is 3.38. The Bertz CT molecular complexity index is 664. The van der Waals surface area contributed by atoms with Crippen molar-refractivity contribution in [3.8, 4) is 0 Å². The number of benzene rings is 1. The summed E-state index contributed by atoms with van der Waals surface area (Å²) in [5, 5.41) is 10.3. The van der Waals surface area contributed by atoms with Crippen LogP contribution in [0.1, 0.15) is 43.0 Å². The number of rotatable bonds is 8. The average Bonchev–Trinajstić information content (AvgIpc) is 3.13. The third kappa shape index (κ3) is 4.42. The highest BCUT2D eigenvalue weighted by Crippen LogP contribution is 2.35. The van der Waals surface area contributed by atoms with Crippen molar-refractivity contribution in [2.75, 3.05) is 23.7 Å². The molecule has 2 heterocycles. The molecule has 0 saturated heterocycles. The predicted molar refractivity (Wildman–Crippen MR) is 108 cm³/mol. The Labute approximate surface area is 153 Å². The molecule has 1 N–H and O–H groups in total. The van der Waals surface area contributed by atoms with Gasteiger partial charge < -0.3 is 10.3 Å². The molecule has 1 aliphatic rings. The SMILES string of the molecule is CCCCCCN1CCSc2cc(CC(=N)c3cccs3)ccc21. The van der Waals surface area contributed by atoms with E-state index in [0.717, 1.165) is 23.6 Å². The van der Waals surface area contributed by atoms with Crippen LogP contribution in [-0.4, -0.2) is 24.6 Å². The maximum atomic E-state index is 8.29. The van der Waals surface area contributed by atoms with Crippen molar-refractivity contribution in [1.29, 1.82) is 5.41 Å². The second-order valence-electron chi connectivity index (χ2n) is 6.33. The molecule has 2 aromatic rings. The molecule has 1 aromatic heterocycles. The number of thiophene rings is 1. The molecule has 0 radical (unpaired) electrons. The maximum Gasteiger partial charge on any atom is 0.0529 e. The first kappa shape index (κ1) is 17.6. The Hall–Kier alpha value is -1.26. The molecule has 0 fully saturated rings. The molecule has 0 atom stereocenters. The smallest absolute Gasteiger partial charge is 0.0529 e. The fourth-order valence-corrected chi connectivity index (χ4v) is 4.92. The molecule has 4 heteroatoms. The van der Waals surface area contributed by atoms with Gasteiger partial charge in [0.25, 0.3) is 0 Å². The van der Waals surface area contributed by atoms with Gasteiger partial charge in [0.1, 0.15) is 0 Å². The van der Waals surface area contributed by atoms with E-state index in [4.69, 9.17) is 5.41 Å². The van der Waals surface area contributed by atoms with Crippen molar-refractivity contribution in [3.63, 3.8) is 0 Å². The number of anilines is 1. The van der Waals surface area contributed by atoms with Crippen LogP contribution in [0.25, 0.3) is 0 Å². The number of hydrogen-bond acceptors (Lipinski definition) is 4. The van der Waals surface area contributed by atoms with Gasteiger partial charge in [-0.2, -0.15) is 0 Å². The minimum absolute atomic E-state index is 0.724. The lowest BCUT2D eigenvalue weighted by atomic mass is 10.1. The normalized spacial score (nSPS) is 13.8. The quantitative estimate of drug-likeness (QED) is 0.473. The molecule has 0 spiro atoms. The first-order valence-electron chi connectivity index (χ1n) is 8.90. The Balaban J connectivity index is 1.65. The number of hydrogen-bond donors (Lipinski definition) is 1. The van der Waals surface area contributed by atoms with Crippen molar-refractivity contribution in [2.45, 2.75) is 43.9 Å². The van der Waals surface area contributed by atoms with E-state index in [1.165, 1.54) is 54.1 Å². The van der Waals surface area contributed by atoms with Crippen molar-refractivity contribution in [2.24, 2.45) is 0 Å². The van der Waals surface area contributed by atoms with Crippen LogP contribution in [0, 0.1) is 5.41 Å². The van der Waals surface area contributed by atoms with E-state index < -0.39 is 0 Å². The lowest BCUT2D eigenvalue weighted by Crippen LogP contribution is -2.30. The molecule has 0 amide bonds. The van der Waals surface area contributed by atoms with Crippen LogP contribution in [0.4, 0.5) is 5.69 Å². The summed E-state index contributed by atoms with van der Waals surface area (Å²) in [6.45, 7) is 4.61. The number of unbranched alkanes of at least 4 members (excludes halogenated alkanes) is 3. The van der Waals surface area contributed by atoms with E-state index >= 15 is 0 Å². The summed E-state index contributed by atoms with van der Waals surface area (Å²) in [4.78, 5) is 5.03. The van der Waals surface area contributed by atoms with E-state index in [0.29, 0.717) is 0 Å². The van der Waals surface area contributed by atoms with Crippen molar-refractivity contribution in [1.82, 2.24) is 0 Å². The van der Waals surface area contributed by atoms with E-state index in [2.05, 4.69) is 30.0 Å². The topological polar surface area (TPSA) is 27.1 Å². The highest BCUT2D eigenvalue weighted by Gasteiger charge is 2.17. The van der Waals surface area contributed by atoms with Gasteiger partial charge in [-0.15, -0.1) is 23.1 Å². The number of fused-ring (bicyclic) bond motifs is 1. The molecule has 1 aliphatic heterocycles. The zero-order valence-electron chi connectivity index (χ0n) is 14.4. The highest BCUT2D eigenvalue weighted by atomic mass is 32.2. The van der Waals surface area contributed by atoms with Crippen LogP contribution in [0.5, 0.6) is 0 Å². The van der Waals surface area contributed by atoms with Crippen LogP contribution < -0.4 is 4.90 Å². The standard InChI is InChI=1S/C20H26N2S2/c1-2-3-4-5-10-22-11-13-24-20-15-16(8-9-18(20)22)14-17(21)19-7-6-12-23-19/h6-9,12,15,21H,2-5,10-11,13-14H2,1H3. The second-order valence-corrected chi connectivity index (χ2v) is 8.42. The van der Waals surface area contributed by atoms with Crippen LogP contribution in [-0.2, 0) is 6.42 Å². The van der Waals surface area contributed by atoms with Crippen LogP contribution in [0.2, 0.25) is 0 Å². The van der Waals surface area contributed by atoms with Gasteiger partial charge in [0, 0.05) is 35.0 Å². The molecule has 0 unspecified atom stereocenters. The predicted octanol–water partition coefficient (Wildman–Crippen LogP) is 5.85. The molecule has 2 nitrogen and oxygen atoms in total. The molecule has 0 bridgehead atoms. The van der Waals surface area contributed by atoms with Crippen LogP contribution in [0.15, 0.2) is 40.6 Å². The molecule has 0 saturated carbocycles. The number of thioether (sulfide) groups is 1. The van der Waals surface area contributed by atoms with Gasteiger partial charge in [0.2, 0.25) is 0 Å². The minimum atomic E-state index is 0.724. The molecule has 128 valence electrons. The first-order chi connectivity index (χ1) is 11.8. The van der Waals surface area contributed by atoms with Crippen molar-refractivity contribution in [3.05, 3.63) is 46.2 Å². The zero-order valence-corrected chi connectivity index (χ0v) is 16.0. The molecular formula is C20H26N2S2. The van der Waals surface area contributed by atoms with E-state index in [-0.39, 0.29) is 0 Å². The third-order valence-electron chi connectivity index (χ3n) is 4.46. The van der Waals surface area contributed by atoms with Gasteiger partial charge in [0.05, 0.1) is 11.4 Å². The number of nitrogens with zero attached hydrogens (tertiary/aromatic N) is 1. The molecule has 0 aliphatic carbocycles. The van der Waals surface area contributed by atoms with Crippen LogP contribution >= 0.6 is 23.1 Å². The first-order valence-corrected chi connectivity index (χ1v) is 10.8. The van der Waals surface area contributed by atoms with Gasteiger partial charge in [-0.05, 0) is 35.6 Å². The lowest BCUT2D eigenvalue weighted by molar-refractivity contribution is 0.646. The average molecular weight is 359 g/mol. The molecule has 3 rings (SSSR count). The van der Waals surface area contributed by atoms with Gasteiger partial charge >= 0.3 is 0 Å². The lowest BCUT2D eigenvalue weighted by Gasteiger charge is -2.31. The van der Waals surface area contributed by atoms with E-state index in [9.17, 15) is 0 Å². The Morgan fingerprint density at radius 1 is 1.21 bits per heavy atom. The Morgan fingerprint density at radius 3 is 2.92 bits per heavy atom. The largest absolute Gasteiger partial charge is 0.370 e. The van der Waals surface area contributed by atoms with Gasteiger partial charge in [0.15, 0.2) is 0 Å². The zero-order chi connectivity index (χ0) is 16.8. The summed E-state index contributed by atoms with van der Waals surface area (Å²) in [6.07, 6.45) is 6.00. The van der Waals surface area contributed by atoms with Crippen LogP contribution in [0.3, 0.4) is 0 Å². The van der Waals surface area contributed by atoms with E-state index in [1.807, 2.05) is 29.3 Å². The molecule has 1 aromatic carbocycles. The Kier molecular flexibility index (Phi) is 6.38. The second kappa shape index (κ2) is 8.72. The number of nitrogens with one attached hydrogen (secondary N) is 1. The fourth-order valence-electron chi connectivity index (χ4n) is 3.13. The summed E-state index contributed by atoms with van der Waals surface area (Å²) < 4.78 is 0. The molecule has 24 heavy (non-hydrogen) atoms. The minimum Gasteiger partial charge on any atom is -0.370 e. The summed E-state index contributed by atoms with van der Waals surface area (Å²) in [6, 6.07) is 10.9. The fraction of sp³-hybridized carbons (Fsp3) is 0.450. The highest BCUT2D eigenvalue weighted by molar-refractivity contribution is 7.99. The van der Waals surface area contributed by atoms with Crippen molar-refractivity contribution < 1.29 is 0 Å². The summed E-state index contributed by atoms with van der Waals surface area (Å²) in [7, 11) is 0. The van der Waals surface area contributed by atoms with Crippen molar-refractivity contribution >= 4 is 34.5 Å². The maximum absolute atomic E-state index is 8.29. The van der Waals surface area contributed by atoms with Gasteiger partial charge in [-0.1, -0.05) is 38.3 Å². The van der Waals surface area contributed by atoms with Gasteiger partial charge in [-0.3, -0.25) is 0 Å². The third-order valence-corrected chi connectivity index (χ3v) is 6.42. The molecular weight excluding hydrogens is 332 g/mol.